The van der Waals surface area contributed by atoms with Crippen molar-refractivity contribution in [1.29, 1.82) is 0 Å². The number of nitrogens with one attached hydrogen (secondary N) is 1. The maximum absolute atomic E-state index is 12.1. The Kier molecular flexibility index (Phi) is 5.52. The lowest BCUT2D eigenvalue weighted by molar-refractivity contribution is -0.131. The molecule has 1 aliphatic rings. The second kappa shape index (κ2) is 7.38. The second-order valence-electron chi connectivity index (χ2n) is 5.25. The molecule has 0 saturated carbocycles. The lowest BCUT2D eigenvalue weighted by atomic mass is 10.0. The molecule has 1 aromatic rings. The Morgan fingerprint density at radius 2 is 2.33 bits per heavy atom. The minimum Gasteiger partial charge on any atom is -0.478 e. The standard InChI is InChI=1S/C15H20N2O3S/c1-17-7-3-2-4-12(17)9-16-15(20)11-8-13(21-10-11)5-6-14(18)19/h5-6,8,10,12H,2-4,7,9H2,1H3,(H,16,20)(H,18,19). The van der Waals surface area contributed by atoms with Crippen molar-refractivity contribution in [3.05, 3.63) is 28.0 Å². The number of hydrogen-bond acceptors (Lipinski definition) is 4. The zero-order chi connectivity index (χ0) is 15.2. The molecule has 0 aliphatic carbocycles. The summed E-state index contributed by atoms with van der Waals surface area (Å²) in [5, 5.41) is 13.3. The van der Waals surface area contributed by atoms with Crippen LogP contribution in [0.4, 0.5) is 0 Å². The smallest absolute Gasteiger partial charge is 0.328 e. The summed E-state index contributed by atoms with van der Waals surface area (Å²) in [6.45, 7) is 1.74. The molecule has 1 atom stereocenters. The summed E-state index contributed by atoms with van der Waals surface area (Å²) in [6, 6.07) is 2.12. The quantitative estimate of drug-likeness (QED) is 0.817. The van der Waals surface area contributed by atoms with Crippen molar-refractivity contribution in [2.24, 2.45) is 0 Å². The molecule has 1 aliphatic heterocycles. The number of aliphatic carboxylic acids is 1. The monoisotopic (exact) mass is 308 g/mol. The SMILES string of the molecule is CN1CCCCC1CNC(=O)c1csc(C=CC(=O)O)c1. The largest absolute Gasteiger partial charge is 0.478 e. The first-order chi connectivity index (χ1) is 10.1. The van der Waals surface area contributed by atoms with Gasteiger partial charge in [0.25, 0.3) is 5.91 Å². The molecule has 1 amide bonds. The van der Waals surface area contributed by atoms with E-state index < -0.39 is 5.97 Å². The van der Waals surface area contributed by atoms with E-state index in [4.69, 9.17) is 5.11 Å². The number of thiophene rings is 1. The van der Waals surface area contributed by atoms with Gasteiger partial charge in [0.1, 0.15) is 0 Å². The van der Waals surface area contributed by atoms with Crippen LogP contribution in [0.15, 0.2) is 17.5 Å². The predicted molar refractivity (Wildman–Crippen MR) is 83.6 cm³/mol. The van der Waals surface area contributed by atoms with Gasteiger partial charge in [-0.2, -0.15) is 0 Å². The summed E-state index contributed by atoms with van der Waals surface area (Å²) in [5.41, 5.74) is 0.587. The van der Waals surface area contributed by atoms with Crippen molar-refractivity contribution >= 4 is 29.3 Å². The Morgan fingerprint density at radius 3 is 3.05 bits per heavy atom. The minimum atomic E-state index is -0.991. The Morgan fingerprint density at radius 1 is 1.52 bits per heavy atom. The number of carbonyl (C=O) groups is 2. The van der Waals surface area contributed by atoms with E-state index in [1.807, 2.05) is 0 Å². The van der Waals surface area contributed by atoms with Crippen LogP contribution >= 0.6 is 11.3 Å². The van der Waals surface area contributed by atoms with Crippen molar-refractivity contribution in [3.8, 4) is 0 Å². The number of carbonyl (C=O) groups excluding carboxylic acids is 1. The summed E-state index contributed by atoms with van der Waals surface area (Å²) in [4.78, 5) is 25.6. The van der Waals surface area contributed by atoms with Crippen molar-refractivity contribution < 1.29 is 14.7 Å². The third-order valence-electron chi connectivity index (χ3n) is 3.69. The first-order valence-electron chi connectivity index (χ1n) is 7.04. The lowest BCUT2D eigenvalue weighted by Crippen LogP contribution is -2.44. The van der Waals surface area contributed by atoms with E-state index in [-0.39, 0.29) is 5.91 Å². The molecule has 1 unspecified atom stereocenters. The number of likely N-dealkylation sites (tertiary alicyclic amines) is 1. The fourth-order valence-corrected chi connectivity index (χ4v) is 3.21. The van der Waals surface area contributed by atoms with Crippen molar-refractivity contribution in [1.82, 2.24) is 10.2 Å². The van der Waals surface area contributed by atoms with Gasteiger partial charge in [-0.3, -0.25) is 4.79 Å². The van der Waals surface area contributed by atoms with Crippen LogP contribution in [0.5, 0.6) is 0 Å². The number of likely N-dealkylation sites (N-methyl/N-ethyl adjacent to an activating group) is 1. The predicted octanol–water partition coefficient (Wildman–Crippen LogP) is 2.06. The molecule has 6 heteroatoms. The third kappa shape index (κ3) is 4.68. The maximum atomic E-state index is 12.1. The summed E-state index contributed by atoms with van der Waals surface area (Å²) in [6.07, 6.45) is 6.13. The topological polar surface area (TPSA) is 69.6 Å². The van der Waals surface area contributed by atoms with Crippen molar-refractivity contribution in [2.45, 2.75) is 25.3 Å². The molecule has 0 aromatic carbocycles. The molecule has 0 spiro atoms. The first-order valence-corrected chi connectivity index (χ1v) is 7.92. The van der Waals surface area contributed by atoms with Gasteiger partial charge in [-0.25, -0.2) is 4.79 Å². The molecule has 0 radical (unpaired) electrons. The summed E-state index contributed by atoms with van der Waals surface area (Å²) >= 11 is 1.36. The highest BCUT2D eigenvalue weighted by molar-refractivity contribution is 7.11. The van der Waals surface area contributed by atoms with E-state index in [2.05, 4.69) is 17.3 Å². The van der Waals surface area contributed by atoms with Crippen LogP contribution in [-0.4, -0.2) is 48.1 Å². The highest BCUT2D eigenvalue weighted by Gasteiger charge is 2.19. The van der Waals surface area contributed by atoms with E-state index in [0.29, 0.717) is 18.2 Å². The third-order valence-corrected chi connectivity index (χ3v) is 4.59. The van der Waals surface area contributed by atoms with Crippen LogP contribution < -0.4 is 5.32 Å². The van der Waals surface area contributed by atoms with Crippen molar-refractivity contribution in [2.75, 3.05) is 20.1 Å². The number of piperidine rings is 1. The highest BCUT2D eigenvalue weighted by atomic mass is 32.1. The van der Waals surface area contributed by atoms with Crippen LogP contribution in [0.1, 0.15) is 34.5 Å². The highest BCUT2D eigenvalue weighted by Crippen LogP contribution is 2.17. The van der Waals surface area contributed by atoms with Gasteiger partial charge in [0.2, 0.25) is 0 Å². The van der Waals surface area contributed by atoms with E-state index >= 15 is 0 Å². The Balaban J connectivity index is 1.87. The van der Waals surface area contributed by atoms with Gasteiger partial charge in [-0.1, -0.05) is 6.42 Å². The van der Waals surface area contributed by atoms with E-state index in [1.165, 1.54) is 30.3 Å². The first kappa shape index (κ1) is 15.7. The van der Waals surface area contributed by atoms with Gasteiger partial charge in [-0.05, 0) is 38.6 Å². The molecular weight excluding hydrogens is 288 g/mol. The van der Waals surface area contributed by atoms with Gasteiger partial charge in [0, 0.05) is 28.9 Å². The van der Waals surface area contributed by atoms with Gasteiger partial charge in [0.15, 0.2) is 0 Å². The van der Waals surface area contributed by atoms with Crippen molar-refractivity contribution in [3.63, 3.8) is 0 Å². The summed E-state index contributed by atoms with van der Waals surface area (Å²) in [5.74, 6) is -1.09. The van der Waals surface area contributed by atoms with E-state index in [1.54, 1.807) is 11.4 Å². The number of hydrogen-bond donors (Lipinski definition) is 2. The fourth-order valence-electron chi connectivity index (χ4n) is 2.43. The second-order valence-corrected chi connectivity index (χ2v) is 6.19. The molecule has 0 bridgehead atoms. The molecular formula is C15H20N2O3S. The van der Waals surface area contributed by atoms with Crippen LogP contribution in [0.3, 0.4) is 0 Å². The average molecular weight is 308 g/mol. The Bertz CT molecular complexity index is 539. The van der Waals surface area contributed by atoms with Crippen LogP contribution in [0, 0.1) is 0 Å². The van der Waals surface area contributed by atoms with Crippen LogP contribution in [0.25, 0.3) is 6.08 Å². The number of carboxylic acids is 1. The Labute approximate surface area is 128 Å². The minimum absolute atomic E-state index is 0.0970. The molecule has 21 heavy (non-hydrogen) atoms. The molecule has 5 nitrogen and oxygen atoms in total. The zero-order valence-corrected chi connectivity index (χ0v) is 12.9. The van der Waals surface area contributed by atoms with Gasteiger partial charge in [-0.15, -0.1) is 11.3 Å². The average Bonchev–Trinajstić information content (AvgIpc) is 2.93. The molecule has 2 heterocycles. The Hall–Kier alpha value is -1.66. The molecule has 1 aromatic heterocycles. The number of nitrogens with zero attached hydrogens (tertiary/aromatic N) is 1. The molecule has 114 valence electrons. The van der Waals surface area contributed by atoms with Gasteiger partial charge < -0.3 is 15.3 Å². The molecule has 2 N–H and O–H groups in total. The molecule has 1 saturated heterocycles. The zero-order valence-electron chi connectivity index (χ0n) is 12.0. The number of carboxylic acid groups (broad SMARTS) is 1. The van der Waals surface area contributed by atoms with Crippen LogP contribution in [0.2, 0.25) is 0 Å². The summed E-state index contributed by atoms with van der Waals surface area (Å²) < 4.78 is 0. The van der Waals surface area contributed by atoms with Gasteiger partial charge in [0.05, 0.1) is 5.56 Å². The number of amides is 1. The normalized spacial score (nSPS) is 19.8. The fraction of sp³-hybridized carbons (Fsp3) is 0.467. The van der Waals surface area contributed by atoms with Gasteiger partial charge >= 0.3 is 5.97 Å². The lowest BCUT2D eigenvalue weighted by Gasteiger charge is -2.32. The van der Waals surface area contributed by atoms with E-state index in [9.17, 15) is 9.59 Å². The maximum Gasteiger partial charge on any atom is 0.328 e. The molecule has 2 rings (SSSR count). The molecule has 1 fully saturated rings. The number of rotatable bonds is 5. The summed E-state index contributed by atoms with van der Waals surface area (Å²) in [7, 11) is 2.09. The van der Waals surface area contributed by atoms with Crippen LogP contribution in [-0.2, 0) is 4.79 Å². The van der Waals surface area contributed by atoms with E-state index in [0.717, 1.165) is 23.9 Å².